The average Bonchev–Trinajstić information content (AvgIpc) is 1.67. The molecule has 0 aromatic rings. The molecule has 8 heavy (non-hydrogen) atoms. The van der Waals surface area contributed by atoms with Crippen LogP contribution < -0.4 is 0 Å². The van der Waals surface area contributed by atoms with E-state index in [0.717, 1.165) is 0 Å². The minimum Gasteiger partial charge on any atom is -0.392 e. The van der Waals surface area contributed by atoms with Gasteiger partial charge in [-0.1, -0.05) is 6.08 Å². The van der Waals surface area contributed by atoms with Crippen molar-refractivity contribution in [1.29, 1.82) is 0 Å². The topological polar surface area (TPSA) is 20.2 Å². The van der Waals surface area contributed by atoms with Crippen LogP contribution in [0, 0.1) is 0 Å². The molecule has 0 saturated heterocycles. The maximum Gasteiger partial charge on any atom is 0.0678 e. The Bertz CT molecular complexity index is 70.9. The van der Waals surface area contributed by atoms with Gasteiger partial charge < -0.3 is 5.11 Å². The fraction of sp³-hybridized carbons (Fsp3) is 0.667. The zero-order valence-electron chi connectivity index (χ0n) is 4.97. The molecule has 2 unspecified atom stereocenters. The SMILES string of the molecule is C=CCC(Cl)C(C)O. The molecule has 0 aromatic heterocycles. The first-order valence-electron chi connectivity index (χ1n) is 2.61. The van der Waals surface area contributed by atoms with Gasteiger partial charge in [-0.3, -0.25) is 0 Å². The van der Waals surface area contributed by atoms with Crippen LogP contribution in [0.3, 0.4) is 0 Å². The van der Waals surface area contributed by atoms with Gasteiger partial charge in [0.2, 0.25) is 0 Å². The van der Waals surface area contributed by atoms with E-state index in [9.17, 15) is 0 Å². The van der Waals surface area contributed by atoms with Crippen molar-refractivity contribution in [1.82, 2.24) is 0 Å². The quantitative estimate of drug-likeness (QED) is 0.459. The maximum atomic E-state index is 8.77. The Hall–Kier alpha value is -0.0100. The fourth-order valence-corrected chi connectivity index (χ4v) is 0.482. The molecule has 0 saturated carbocycles. The van der Waals surface area contributed by atoms with Crippen LogP contribution in [0.5, 0.6) is 0 Å². The van der Waals surface area contributed by atoms with E-state index in [1.165, 1.54) is 0 Å². The molecule has 1 nitrogen and oxygen atoms in total. The van der Waals surface area contributed by atoms with Crippen LogP contribution in [0.15, 0.2) is 12.7 Å². The van der Waals surface area contributed by atoms with Crippen LogP contribution >= 0.6 is 11.6 Å². The predicted molar refractivity (Wildman–Crippen MR) is 36.1 cm³/mol. The summed E-state index contributed by atoms with van der Waals surface area (Å²) in [6.45, 7) is 5.16. The Morgan fingerprint density at radius 1 is 1.88 bits per heavy atom. The van der Waals surface area contributed by atoms with Gasteiger partial charge >= 0.3 is 0 Å². The number of aliphatic hydroxyl groups excluding tert-OH is 1. The molecule has 0 fully saturated rings. The summed E-state index contributed by atoms with van der Waals surface area (Å²) >= 11 is 5.59. The lowest BCUT2D eigenvalue weighted by Gasteiger charge is -2.07. The molecular weight excluding hydrogens is 124 g/mol. The van der Waals surface area contributed by atoms with Crippen LogP contribution in [0.2, 0.25) is 0 Å². The number of hydrogen-bond donors (Lipinski definition) is 1. The normalized spacial score (nSPS) is 17.4. The Morgan fingerprint density at radius 2 is 2.38 bits per heavy atom. The Balaban J connectivity index is 3.30. The van der Waals surface area contributed by atoms with Crippen molar-refractivity contribution in [3.63, 3.8) is 0 Å². The monoisotopic (exact) mass is 134 g/mol. The summed E-state index contributed by atoms with van der Waals surface area (Å²) < 4.78 is 0. The first-order chi connectivity index (χ1) is 3.68. The summed E-state index contributed by atoms with van der Waals surface area (Å²) in [7, 11) is 0. The van der Waals surface area contributed by atoms with E-state index in [2.05, 4.69) is 6.58 Å². The van der Waals surface area contributed by atoms with Gasteiger partial charge in [-0.15, -0.1) is 18.2 Å². The summed E-state index contributed by atoms with van der Waals surface area (Å²) in [5.74, 6) is 0. The summed E-state index contributed by atoms with van der Waals surface area (Å²) in [6.07, 6.45) is 1.93. The first kappa shape index (κ1) is 7.99. The molecular formula is C6H11ClO. The van der Waals surface area contributed by atoms with Crippen molar-refractivity contribution in [2.24, 2.45) is 0 Å². The molecule has 0 aliphatic heterocycles. The zero-order valence-corrected chi connectivity index (χ0v) is 5.73. The molecule has 0 heterocycles. The minimum atomic E-state index is -0.435. The third-order valence-corrected chi connectivity index (χ3v) is 1.46. The second kappa shape index (κ2) is 3.93. The van der Waals surface area contributed by atoms with Crippen molar-refractivity contribution in [2.75, 3.05) is 0 Å². The van der Waals surface area contributed by atoms with E-state index in [4.69, 9.17) is 16.7 Å². The average molecular weight is 135 g/mol. The van der Waals surface area contributed by atoms with Crippen LogP contribution in [-0.2, 0) is 0 Å². The van der Waals surface area contributed by atoms with E-state index in [1.54, 1.807) is 13.0 Å². The molecule has 0 aliphatic rings. The number of aliphatic hydroxyl groups is 1. The molecule has 0 bridgehead atoms. The number of alkyl halides is 1. The van der Waals surface area contributed by atoms with Gasteiger partial charge in [-0.2, -0.15) is 0 Å². The molecule has 2 atom stereocenters. The number of allylic oxidation sites excluding steroid dienone is 1. The Kier molecular flexibility index (Phi) is 3.92. The second-order valence-corrected chi connectivity index (χ2v) is 2.34. The van der Waals surface area contributed by atoms with Crippen molar-refractivity contribution < 1.29 is 5.11 Å². The van der Waals surface area contributed by atoms with Gasteiger partial charge in [0.25, 0.3) is 0 Å². The first-order valence-corrected chi connectivity index (χ1v) is 3.05. The van der Waals surface area contributed by atoms with Crippen molar-refractivity contribution in [3.05, 3.63) is 12.7 Å². The highest BCUT2D eigenvalue weighted by Gasteiger charge is 2.07. The molecule has 0 radical (unpaired) electrons. The van der Waals surface area contributed by atoms with Crippen LogP contribution in [0.1, 0.15) is 13.3 Å². The lowest BCUT2D eigenvalue weighted by atomic mass is 10.2. The van der Waals surface area contributed by atoms with Crippen LogP contribution in [0.4, 0.5) is 0 Å². The summed E-state index contributed by atoms with van der Waals surface area (Å²) in [4.78, 5) is 0. The van der Waals surface area contributed by atoms with E-state index in [-0.39, 0.29) is 5.38 Å². The number of rotatable bonds is 3. The van der Waals surface area contributed by atoms with Crippen molar-refractivity contribution in [3.8, 4) is 0 Å². The van der Waals surface area contributed by atoms with Gasteiger partial charge in [-0.05, 0) is 13.3 Å². The fourth-order valence-electron chi connectivity index (χ4n) is 0.356. The lowest BCUT2D eigenvalue weighted by Crippen LogP contribution is -2.14. The molecule has 0 aliphatic carbocycles. The number of halogens is 1. The molecule has 0 aromatic carbocycles. The van der Waals surface area contributed by atoms with Crippen LogP contribution in [0.25, 0.3) is 0 Å². The Morgan fingerprint density at radius 3 is 2.50 bits per heavy atom. The van der Waals surface area contributed by atoms with Gasteiger partial charge in [0.05, 0.1) is 11.5 Å². The smallest absolute Gasteiger partial charge is 0.0678 e. The number of hydrogen-bond acceptors (Lipinski definition) is 1. The minimum absolute atomic E-state index is 0.174. The maximum absolute atomic E-state index is 8.77. The van der Waals surface area contributed by atoms with E-state index in [0.29, 0.717) is 6.42 Å². The van der Waals surface area contributed by atoms with Gasteiger partial charge in [0, 0.05) is 0 Å². The van der Waals surface area contributed by atoms with Gasteiger partial charge in [0.1, 0.15) is 0 Å². The van der Waals surface area contributed by atoms with Crippen molar-refractivity contribution in [2.45, 2.75) is 24.8 Å². The van der Waals surface area contributed by atoms with E-state index >= 15 is 0 Å². The molecule has 0 spiro atoms. The third-order valence-electron chi connectivity index (χ3n) is 0.915. The largest absolute Gasteiger partial charge is 0.392 e. The van der Waals surface area contributed by atoms with Crippen molar-refractivity contribution >= 4 is 11.6 Å². The standard InChI is InChI=1S/C6H11ClO/c1-3-4-6(7)5(2)8/h3,5-6,8H,1,4H2,2H3. The van der Waals surface area contributed by atoms with Gasteiger partial charge in [0.15, 0.2) is 0 Å². The van der Waals surface area contributed by atoms with E-state index in [1.807, 2.05) is 0 Å². The molecule has 2 heteroatoms. The molecule has 48 valence electrons. The Labute approximate surface area is 55.0 Å². The van der Waals surface area contributed by atoms with E-state index < -0.39 is 6.10 Å². The third kappa shape index (κ3) is 3.05. The highest BCUT2D eigenvalue weighted by molar-refractivity contribution is 6.21. The summed E-state index contributed by atoms with van der Waals surface area (Å²) in [5, 5.41) is 8.60. The highest BCUT2D eigenvalue weighted by Crippen LogP contribution is 2.06. The predicted octanol–water partition coefficient (Wildman–Crippen LogP) is 1.55. The second-order valence-electron chi connectivity index (χ2n) is 1.78. The molecule has 0 amide bonds. The summed E-state index contributed by atoms with van der Waals surface area (Å²) in [6, 6.07) is 0. The summed E-state index contributed by atoms with van der Waals surface area (Å²) in [5.41, 5.74) is 0. The highest BCUT2D eigenvalue weighted by atomic mass is 35.5. The molecule has 0 rings (SSSR count). The zero-order chi connectivity index (χ0) is 6.57. The van der Waals surface area contributed by atoms with Gasteiger partial charge in [-0.25, -0.2) is 0 Å². The van der Waals surface area contributed by atoms with Crippen LogP contribution in [-0.4, -0.2) is 16.6 Å². The molecule has 1 N–H and O–H groups in total. The lowest BCUT2D eigenvalue weighted by molar-refractivity contribution is 0.189.